The second-order valence-electron chi connectivity index (χ2n) is 6.77. The number of aromatic nitrogens is 4. The molecule has 1 atom stereocenters. The number of nitrogen functional groups attached to an aromatic ring is 1. The van der Waals surface area contributed by atoms with Crippen LogP contribution in [0.2, 0.25) is 0 Å². The minimum absolute atomic E-state index is 0.0169. The van der Waals surface area contributed by atoms with Crippen LogP contribution in [0.25, 0.3) is 5.65 Å². The van der Waals surface area contributed by atoms with Gasteiger partial charge >= 0.3 is 6.01 Å². The van der Waals surface area contributed by atoms with Crippen LogP contribution in [0.3, 0.4) is 0 Å². The second kappa shape index (κ2) is 8.44. The Morgan fingerprint density at radius 3 is 2.88 bits per heavy atom. The lowest BCUT2D eigenvalue weighted by Crippen LogP contribution is -2.29. The molecule has 8 heteroatoms. The number of nitrogens with two attached hydrogens (primary N) is 2. The first-order valence-corrected chi connectivity index (χ1v) is 9.28. The standard InChI is InChI=1S/C17H29N7O/c1-2-3-14(4-7-18)25-17-22-15(19)16-21-11-13(24(16)23-17)10-12-5-8-20-9-6-12/h11-12,14,20H,2-10,18H2,1H3,(H2,19,22,23). The summed E-state index contributed by atoms with van der Waals surface area (Å²) in [6, 6.07) is 0.307. The molecule has 25 heavy (non-hydrogen) atoms. The Morgan fingerprint density at radius 1 is 1.36 bits per heavy atom. The van der Waals surface area contributed by atoms with Gasteiger partial charge in [0.2, 0.25) is 0 Å². The minimum atomic E-state index is 0.0169. The van der Waals surface area contributed by atoms with E-state index in [1.807, 2.05) is 6.20 Å². The van der Waals surface area contributed by atoms with Gasteiger partial charge in [0.15, 0.2) is 11.5 Å². The van der Waals surface area contributed by atoms with E-state index in [0.717, 1.165) is 44.5 Å². The van der Waals surface area contributed by atoms with Crippen LogP contribution in [0.1, 0.15) is 44.7 Å². The number of rotatable bonds is 8. The number of nitrogens with one attached hydrogen (secondary N) is 1. The topological polar surface area (TPSA) is 116 Å². The van der Waals surface area contributed by atoms with Gasteiger partial charge in [-0.15, -0.1) is 5.10 Å². The average molecular weight is 347 g/mol. The normalized spacial score (nSPS) is 17.0. The van der Waals surface area contributed by atoms with Gasteiger partial charge in [0.25, 0.3) is 0 Å². The summed E-state index contributed by atoms with van der Waals surface area (Å²) < 4.78 is 7.75. The predicted molar refractivity (Wildman–Crippen MR) is 97.5 cm³/mol. The summed E-state index contributed by atoms with van der Waals surface area (Å²) >= 11 is 0. The van der Waals surface area contributed by atoms with Gasteiger partial charge in [-0.2, -0.15) is 4.98 Å². The van der Waals surface area contributed by atoms with Crippen molar-refractivity contribution >= 4 is 11.5 Å². The van der Waals surface area contributed by atoms with E-state index in [1.54, 1.807) is 4.52 Å². The van der Waals surface area contributed by atoms with Gasteiger partial charge in [-0.1, -0.05) is 13.3 Å². The predicted octanol–water partition coefficient (Wildman–Crippen LogP) is 1.14. The molecule has 2 aromatic heterocycles. The quantitative estimate of drug-likeness (QED) is 0.655. The lowest BCUT2D eigenvalue weighted by molar-refractivity contribution is 0.164. The van der Waals surface area contributed by atoms with Gasteiger partial charge in [0.05, 0.1) is 11.9 Å². The zero-order chi connectivity index (χ0) is 17.6. The maximum atomic E-state index is 6.08. The van der Waals surface area contributed by atoms with E-state index >= 15 is 0 Å². The van der Waals surface area contributed by atoms with Crippen molar-refractivity contribution in [2.75, 3.05) is 25.4 Å². The molecule has 3 rings (SSSR count). The van der Waals surface area contributed by atoms with Gasteiger partial charge < -0.3 is 21.5 Å². The molecule has 138 valence electrons. The molecule has 0 spiro atoms. The zero-order valence-corrected chi connectivity index (χ0v) is 14.9. The first-order valence-electron chi connectivity index (χ1n) is 9.28. The number of fused-ring (bicyclic) bond motifs is 1. The van der Waals surface area contributed by atoms with E-state index in [4.69, 9.17) is 16.2 Å². The molecular formula is C17H29N7O. The summed E-state index contributed by atoms with van der Waals surface area (Å²) in [5.74, 6) is 0.997. The fourth-order valence-corrected chi connectivity index (χ4v) is 3.42. The third-order valence-corrected chi connectivity index (χ3v) is 4.77. The molecule has 1 saturated heterocycles. The molecule has 2 aromatic rings. The van der Waals surface area contributed by atoms with Crippen molar-refractivity contribution in [1.29, 1.82) is 0 Å². The fourth-order valence-electron chi connectivity index (χ4n) is 3.42. The molecule has 8 nitrogen and oxygen atoms in total. The molecule has 1 aliphatic rings. The Morgan fingerprint density at radius 2 is 2.16 bits per heavy atom. The van der Waals surface area contributed by atoms with E-state index in [1.165, 1.54) is 12.8 Å². The third kappa shape index (κ3) is 4.38. The second-order valence-corrected chi connectivity index (χ2v) is 6.77. The number of hydrogen-bond donors (Lipinski definition) is 3. The number of ether oxygens (including phenoxy) is 1. The lowest BCUT2D eigenvalue weighted by atomic mass is 9.93. The van der Waals surface area contributed by atoms with E-state index in [9.17, 15) is 0 Å². The van der Waals surface area contributed by atoms with E-state index < -0.39 is 0 Å². The van der Waals surface area contributed by atoms with Crippen molar-refractivity contribution in [3.63, 3.8) is 0 Å². The average Bonchev–Trinajstić information content (AvgIpc) is 3.00. The summed E-state index contributed by atoms with van der Waals surface area (Å²) in [6.45, 7) is 4.85. The maximum Gasteiger partial charge on any atom is 0.336 e. The van der Waals surface area contributed by atoms with E-state index in [-0.39, 0.29) is 6.10 Å². The first kappa shape index (κ1) is 17.9. The SMILES string of the molecule is CCCC(CCN)Oc1nc(N)c2ncc(CC3CCNCC3)n2n1. The van der Waals surface area contributed by atoms with Crippen LogP contribution in [0.15, 0.2) is 6.20 Å². The summed E-state index contributed by atoms with van der Waals surface area (Å²) in [7, 11) is 0. The number of anilines is 1. The monoisotopic (exact) mass is 347 g/mol. The van der Waals surface area contributed by atoms with Crippen LogP contribution < -0.4 is 21.5 Å². The molecule has 0 radical (unpaired) electrons. The van der Waals surface area contributed by atoms with E-state index in [2.05, 4.69) is 27.3 Å². The van der Waals surface area contributed by atoms with Gasteiger partial charge in [-0.25, -0.2) is 9.50 Å². The molecule has 1 unspecified atom stereocenters. The number of hydrogen-bond acceptors (Lipinski definition) is 7. The number of nitrogens with zero attached hydrogens (tertiary/aromatic N) is 4. The summed E-state index contributed by atoms with van der Waals surface area (Å²) in [4.78, 5) is 8.67. The highest BCUT2D eigenvalue weighted by atomic mass is 16.5. The maximum absolute atomic E-state index is 6.08. The first-order chi connectivity index (χ1) is 12.2. The molecular weight excluding hydrogens is 318 g/mol. The summed E-state index contributed by atoms with van der Waals surface area (Å²) in [5.41, 5.74) is 13.4. The Hall–Kier alpha value is -1.93. The highest BCUT2D eigenvalue weighted by Crippen LogP contribution is 2.21. The highest BCUT2D eigenvalue weighted by molar-refractivity contribution is 5.59. The molecule has 0 aliphatic carbocycles. The summed E-state index contributed by atoms with van der Waals surface area (Å²) in [6.07, 6.45) is 7.89. The Labute approximate surface area is 148 Å². The number of imidazole rings is 1. The van der Waals surface area contributed by atoms with Crippen LogP contribution in [0, 0.1) is 5.92 Å². The van der Waals surface area contributed by atoms with Crippen molar-refractivity contribution in [1.82, 2.24) is 24.9 Å². The third-order valence-electron chi connectivity index (χ3n) is 4.77. The van der Waals surface area contributed by atoms with Crippen molar-refractivity contribution in [2.24, 2.45) is 11.7 Å². The van der Waals surface area contributed by atoms with Crippen LogP contribution >= 0.6 is 0 Å². The Kier molecular flexibility index (Phi) is 6.04. The molecule has 0 amide bonds. The van der Waals surface area contributed by atoms with E-state index in [0.29, 0.717) is 29.9 Å². The Bertz CT molecular complexity index is 675. The van der Waals surface area contributed by atoms with Crippen molar-refractivity contribution in [2.45, 2.75) is 51.6 Å². The molecule has 1 fully saturated rings. The molecule has 1 aliphatic heterocycles. The minimum Gasteiger partial charge on any atom is -0.459 e. The number of piperidine rings is 1. The van der Waals surface area contributed by atoms with Crippen LogP contribution in [0.4, 0.5) is 5.82 Å². The molecule has 0 saturated carbocycles. The smallest absolute Gasteiger partial charge is 0.336 e. The van der Waals surface area contributed by atoms with Crippen LogP contribution in [-0.2, 0) is 6.42 Å². The van der Waals surface area contributed by atoms with Gasteiger partial charge in [-0.05, 0) is 57.7 Å². The van der Waals surface area contributed by atoms with Crippen LogP contribution in [0.5, 0.6) is 6.01 Å². The van der Waals surface area contributed by atoms with Crippen LogP contribution in [-0.4, -0.2) is 45.3 Å². The zero-order valence-electron chi connectivity index (χ0n) is 14.9. The summed E-state index contributed by atoms with van der Waals surface area (Å²) in [5, 5.41) is 7.95. The highest BCUT2D eigenvalue weighted by Gasteiger charge is 2.19. The largest absolute Gasteiger partial charge is 0.459 e. The Balaban J connectivity index is 1.81. The van der Waals surface area contributed by atoms with Crippen molar-refractivity contribution in [3.05, 3.63) is 11.9 Å². The van der Waals surface area contributed by atoms with Crippen molar-refractivity contribution in [3.8, 4) is 6.01 Å². The fraction of sp³-hybridized carbons (Fsp3) is 0.706. The van der Waals surface area contributed by atoms with Gasteiger partial charge in [-0.3, -0.25) is 0 Å². The van der Waals surface area contributed by atoms with Gasteiger partial charge in [0, 0.05) is 0 Å². The molecule has 0 bridgehead atoms. The van der Waals surface area contributed by atoms with Crippen molar-refractivity contribution < 1.29 is 4.74 Å². The lowest BCUT2D eigenvalue weighted by Gasteiger charge is -2.22. The molecule has 5 N–H and O–H groups in total. The van der Waals surface area contributed by atoms with Gasteiger partial charge in [0.1, 0.15) is 6.10 Å². The molecule has 3 heterocycles. The molecule has 0 aromatic carbocycles.